The standard InChI is InChI=1S/C25H26N2O4/c1-3-10-22(19-11-5-4-6-12-19)27-24(28)18(2)30-25(29)21-14-7-8-15-23(21)31-20-13-9-16-26-17-20/h4-9,11-18,22H,3,10H2,1-2H3,(H,27,28). The highest BCUT2D eigenvalue weighted by molar-refractivity contribution is 5.94. The lowest BCUT2D eigenvalue weighted by molar-refractivity contribution is -0.129. The molecule has 1 heterocycles. The van der Waals surface area contributed by atoms with Crippen molar-refractivity contribution in [3.05, 3.63) is 90.3 Å². The van der Waals surface area contributed by atoms with Crippen molar-refractivity contribution in [2.75, 3.05) is 0 Å². The van der Waals surface area contributed by atoms with E-state index in [9.17, 15) is 9.59 Å². The average molecular weight is 418 g/mol. The lowest BCUT2D eigenvalue weighted by Crippen LogP contribution is -2.38. The zero-order chi connectivity index (χ0) is 22.1. The minimum atomic E-state index is -0.956. The van der Waals surface area contributed by atoms with E-state index in [0.29, 0.717) is 11.5 Å². The van der Waals surface area contributed by atoms with E-state index in [1.807, 2.05) is 30.3 Å². The second-order valence-electron chi connectivity index (χ2n) is 7.10. The first-order valence-corrected chi connectivity index (χ1v) is 10.3. The van der Waals surface area contributed by atoms with Crippen molar-refractivity contribution < 1.29 is 19.1 Å². The average Bonchev–Trinajstić information content (AvgIpc) is 2.80. The first-order valence-electron chi connectivity index (χ1n) is 10.3. The highest BCUT2D eigenvalue weighted by Crippen LogP contribution is 2.25. The molecule has 6 nitrogen and oxygen atoms in total. The number of benzene rings is 2. The van der Waals surface area contributed by atoms with Crippen LogP contribution in [0.3, 0.4) is 0 Å². The van der Waals surface area contributed by atoms with Gasteiger partial charge in [0.1, 0.15) is 17.1 Å². The molecule has 1 aromatic heterocycles. The number of esters is 1. The van der Waals surface area contributed by atoms with E-state index in [2.05, 4.69) is 17.2 Å². The van der Waals surface area contributed by atoms with Gasteiger partial charge in [0, 0.05) is 6.20 Å². The monoisotopic (exact) mass is 418 g/mol. The summed E-state index contributed by atoms with van der Waals surface area (Å²) in [6, 6.07) is 19.8. The third-order valence-electron chi connectivity index (χ3n) is 4.72. The predicted molar refractivity (Wildman–Crippen MR) is 118 cm³/mol. The van der Waals surface area contributed by atoms with Gasteiger partial charge in [-0.15, -0.1) is 0 Å². The van der Waals surface area contributed by atoms with Gasteiger partial charge in [-0.05, 0) is 43.2 Å². The van der Waals surface area contributed by atoms with Crippen molar-refractivity contribution in [1.29, 1.82) is 0 Å². The summed E-state index contributed by atoms with van der Waals surface area (Å²) in [5, 5.41) is 2.99. The number of ether oxygens (including phenoxy) is 2. The lowest BCUT2D eigenvalue weighted by atomic mass is 10.0. The van der Waals surface area contributed by atoms with Crippen LogP contribution in [0.2, 0.25) is 0 Å². The number of nitrogens with one attached hydrogen (secondary N) is 1. The number of hydrogen-bond acceptors (Lipinski definition) is 5. The number of nitrogens with zero attached hydrogens (tertiary/aromatic N) is 1. The normalized spacial score (nSPS) is 12.5. The second kappa shape index (κ2) is 10.9. The van der Waals surface area contributed by atoms with Gasteiger partial charge in [0.2, 0.25) is 0 Å². The number of rotatable bonds is 9. The molecular formula is C25H26N2O4. The molecule has 3 aromatic rings. The summed E-state index contributed by atoms with van der Waals surface area (Å²) in [4.78, 5) is 29.5. The Kier molecular flexibility index (Phi) is 7.76. The number of amides is 1. The fourth-order valence-electron chi connectivity index (χ4n) is 3.12. The van der Waals surface area contributed by atoms with Crippen LogP contribution in [0.5, 0.6) is 11.5 Å². The Morgan fingerprint density at radius 1 is 1.00 bits per heavy atom. The molecule has 6 heteroatoms. The van der Waals surface area contributed by atoms with Crippen molar-refractivity contribution in [3.8, 4) is 11.5 Å². The molecule has 0 bridgehead atoms. The highest BCUT2D eigenvalue weighted by atomic mass is 16.5. The van der Waals surface area contributed by atoms with E-state index >= 15 is 0 Å². The molecule has 2 unspecified atom stereocenters. The molecule has 0 spiro atoms. The Morgan fingerprint density at radius 3 is 2.45 bits per heavy atom. The minimum Gasteiger partial charge on any atom is -0.455 e. The maximum absolute atomic E-state index is 12.8. The van der Waals surface area contributed by atoms with Gasteiger partial charge in [-0.1, -0.05) is 55.8 Å². The van der Waals surface area contributed by atoms with Crippen LogP contribution < -0.4 is 10.1 Å². The molecule has 1 amide bonds. The fraction of sp³-hybridized carbons (Fsp3) is 0.240. The van der Waals surface area contributed by atoms with E-state index in [1.165, 1.54) is 0 Å². The first-order chi connectivity index (χ1) is 15.1. The predicted octanol–water partition coefficient (Wildman–Crippen LogP) is 5.08. The van der Waals surface area contributed by atoms with E-state index < -0.39 is 12.1 Å². The SMILES string of the molecule is CCCC(NC(=O)C(C)OC(=O)c1ccccc1Oc1cccnc1)c1ccccc1. The maximum atomic E-state index is 12.8. The van der Waals surface area contributed by atoms with Crippen molar-refractivity contribution in [1.82, 2.24) is 10.3 Å². The molecule has 0 aliphatic rings. The van der Waals surface area contributed by atoms with Crippen molar-refractivity contribution in [3.63, 3.8) is 0 Å². The molecule has 31 heavy (non-hydrogen) atoms. The molecule has 0 saturated carbocycles. The lowest BCUT2D eigenvalue weighted by Gasteiger charge is -2.21. The molecule has 160 valence electrons. The van der Waals surface area contributed by atoms with Gasteiger partial charge in [0.25, 0.3) is 5.91 Å². The Balaban J connectivity index is 1.67. The summed E-state index contributed by atoms with van der Waals surface area (Å²) in [7, 11) is 0. The van der Waals surface area contributed by atoms with Gasteiger partial charge in [0.05, 0.1) is 12.2 Å². The number of hydrogen-bond donors (Lipinski definition) is 1. The van der Waals surface area contributed by atoms with Crippen LogP contribution >= 0.6 is 0 Å². The third-order valence-corrected chi connectivity index (χ3v) is 4.72. The Morgan fingerprint density at radius 2 is 1.74 bits per heavy atom. The smallest absolute Gasteiger partial charge is 0.342 e. The zero-order valence-corrected chi connectivity index (χ0v) is 17.7. The van der Waals surface area contributed by atoms with Crippen LogP contribution in [0.1, 0.15) is 48.7 Å². The fourth-order valence-corrected chi connectivity index (χ4v) is 3.12. The van der Waals surface area contributed by atoms with Gasteiger partial charge in [0.15, 0.2) is 6.10 Å². The number of pyridine rings is 1. The van der Waals surface area contributed by atoms with E-state index in [0.717, 1.165) is 18.4 Å². The van der Waals surface area contributed by atoms with Gasteiger partial charge in [-0.3, -0.25) is 9.78 Å². The molecule has 1 N–H and O–H groups in total. The maximum Gasteiger partial charge on any atom is 0.342 e. The van der Waals surface area contributed by atoms with Crippen LogP contribution in [0, 0.1) is 0 Å². The highest BCUT2D eigenvalue weighted by Gasteiger charge is 2.24. The first kappa shape index (κ1) is 22.0. The minimum absolute atomic E-state index is 0.138. The Hall–Kier alpha value is -3.67. The number of para-hydroxylation sites is 1. The molecule has 0 aliphatic heterocycles. The number of aromatic nitrogens is 1. The van der Waals surface area contributed by atoms with Gasteiger partial charge in [-0.25, -0.2) is 4.79 Å². The summed E-state index contributed by atoms with van der Waals surface area (Å²) in [5.74, 6) is -0.143. The molecule has 0 radical (unpaired) electrons. The molecule has 2 atom stereocenters. The summed E-state index contributed by atoms with van der Waals surface area (Å²) < 4.78 is 11.2. The van der Waals surface area contributed by atoms with Crippen molar-refractivity contribution in [2.45, 2.75) is 38.8 Å². The largest absolute Gasteiger partial charge is 0.455 e. The zero-order valence-electron chi connectivity index (χ0n) is 17.7. The van der Waals surface area contributed by atoms with Crippen molar-refractivity contribution in [2.24, 2.45) is 0 Å². The Labute approximate surface area is 182 Å². The van der Waals surface area contributed by atoms with Crippen LogP contribution in [-0.2, 0) is 9.53 Å². The molecule has 3 rings (SSSR count). The van der Waals surface area contributed by atoms with E-state index in [4.69, 9.17) is 9.47 Å². The molecule has 2 aromatic carbocycles. The summed E-state index contributed by atoms with van der Waals surface area (Å²) in [5.41, 5.74) is 1.26. The summed E-state index contributed by atoms with van der Waals surface area (Å²) >= 11 is 0. The van der Waals surface area contributed by atoms with E-state index in [-0.39, 0.29) is 17.5 Å². The summed E-state index contributed by atoms with van der Waals surface area (Å²) in [6.45, 7) is 3.62. The topological polar surface area (TPSA) is 77.5 Å². The Bertz CT molecular complexity index is 993. The van der Waals surface area contributed by atoms with Crippen molar-refractivity contribution >= 4 is 11.9 Å². The molecular weight excluding hydrogens is 392 g/mol. The number of carbonyl (C=O) groups is 2. The van der Waals surface area contributed by atoms with Crippen LogP contribution in [0.15, 0.2) is 79.1 Å². The van der Waals surface area contributed by atoms with Gasteiger partial charge in [-0.2, -0.15) is 0 Å². The molecule has 0 saturated heterocycles. The van der Waals surface area contributed by atoms with Gasteiger partial charge < -0.3 is 14.8 Å². The van der Waals surface area contributed by atoms with E-state index in [1.54, 1.807) is 55.7 Å². The van der Waals surface area contributed by atoms with Crippen LogP contribution in [0.25, 0.3) is 0 Å². The molecule has 0 aliphatic carbocycles. The quantitative estimate of drug-likeness (QED) is 0.491. The van der Waals surface area contributed by atoms with Crippen LogP contribution in [0.4, 0.5) is 0 Å². The summed E-state index contributed by atoms with van der Waals surface area (Å²) in [6.07, 6.45) is 3.93. The van der Waals surface area contributed by atoms with Gasteiger partial charge >= 0.3 is 5.97 Å². The second-order valence-corrected chi connectivity index (χ2v) is 7.10. The van der Waals surface area contributed by atoms with Crippen LogP contribution in [-0.4, -0.2) is 23.0 Å². The number of carbonyl (C=O) groups excluding carboxylic acids is 2. The molecule has 0 fully saturated rings. The third kappa shape index (κ3) is 6.15.